The van der Waals surface area contributed by atoms with Gasteiger partial charge < -0.3 is 15.0 Å². The number of nitrogens with one attached hydrogen (secondary N) is 1. The second kappa shape index (κ2) is 12.6. The third kappa shape index (κ3) is 7.33. The highest BCUT2D eigenvalue weighted by atomic mass is 79.9. The molecule has 5 nitrogen and oxygen atoms in total. The summed E-state index contributed by atoms with van der Waals surface area (Å²) in [5.41, 5.74) is 0.957. The van der Waals surface area contributed by atoms with Crippen molar-refractivity contribution in [3.63, 3.8) is 0 Å². The SMILES string of the molecule is CCCCNC(=O)[C@H](CC)N(Cc1ccccc1)C(=O)COc1ccc(Cl)cc1Br. The lowest BCUT2D eigenvalue weighted by atomic mass is 10.1. The predicted molar refractivity (Wildman–Crippen MR) is 124 cm³/mol. The molecule has 2 aromatic carbocycles. The van der Waals surface area contributed by atoms with E-state index in [0.717, 1.165) is 18.4 Å². The average molecular weight is 496 g/mol. The summed E-state index contributed by atoms with van der Waals surface area (Å²) >= 11 is 9.35. The summed E-state index contributed by atoms with van der Waals surface area (Å²) in [4.78, 5) is 27.5. The third-order valence-electron chi connectivity index (χ3n) is 4.66. The number of benzene rings is 2. The van der Waals surface area contributed by atoms with Crippen LogP contribution in [0.2, 0.25) is 5.02 Å². The van der Waals surface area contributed by atoms with Crippen LogP contribution in [-0.2, 0) is 16.1 Å². The number of halogens is 2. The fraction of sp³-hybridized carbons (Fsp3) is 0.391. The second-order valence-electron chi connectivity index (χ2n) is 6.94. The van der Waals surface area contributed by atoms with Crippen molar-refractivity contribution >= 4 is 39.3 Å². The molecule has 162 valence electrons. The van der Waals surface area contributed by atoms with Gasteiger partial charge in [-0.05, 0) is 52.5 Å². The molecule has 0 saturated heterocycles. The van der Waals surface area contributed by atoms with Crippen LogP contribution >= 0.6 is 27.5 Å². The van der Waals surface area contributed by atoms with Gasteiger partial charge in [-0.15, -0.1) is 0 Å². The van der Waals surface area contributed by atoms with Gasteiger partial charge in [0.2, 0.25) is 5.91 Å². The Bertz CT molecular complexity index is 832. The quantitative estimate of drug-likeness (QED) is 0.436. The lowest BCUT2D eigenvalue weighted by molar-refractivity contribution is -0.143. The van der Waals surface area contributed by atoms with Crippen molar-refractivity contribution in [2.24, 2.45) is 0 Å². The molecule has 0 heterocycles. The van der Waals surface area contributed by atoms with Crippen LogP contribution in [0.5, 0.6) is 5.75 Å². The first-order chi connectivity index (χ1) is 14.5. The number of amides is 2. The molecule has 0 spiro atoms. The highest BCUT2D eigenvalue weighted by molar-refractivity contribution is 9.10. The van der Waals surface area contributed by atoms with Crippen LogP contribution in [0, 0.1) is 0 Å². The summed E-state index contributed by atoms with van der Waals surface area (Å²) in [7, 11) is 0. The molecule has 2 rings (SSSR count). The van der Waals surface area contributed by atoms with Crippen LogP contribution in [-0.4, -0.2) is 35.9 Å². The molecule has 0 saturated carbocycles. The van der Waals surface area contributed by atoms with E-state index in [-0.39, 0.29) is 18.4 Å². The fourth-order valence-corrected chi connectivity index (χ4v) is 3.82. The Morgan fingerprint density at radius 3 is 2.53 bits per heavy atom. The molecule has 1 atom stereocenters. The van der Waals surface area contributed by atoms with E-state index in [0.29, 0.717) is 34.8 Å². The molecule has 0 radical (unpaired) electrons. The number of carbonyl (C=O) groups is 2. The molecule has 0 aliphatic heterocycles. The molecule has 0 aliphatic carbocycles. The minimum absolute atomic E-state index is 0.136. The van der Waals surface area contributed by atoms with Crippen LogP contribution in [0.1, 0.15) is 38.7 Å². The Morgan fingerprint density at radius 1 is 1.17 bits per heavy atom. The standard InChI is InChI=1S/C23H28BrClN2O3/c1-3-5-13-26-23(29)20(4-2)27(15-17-9-7-6-8-10-17)22(28)16-30-21-12-11-18(25)14-19(21)24/h6-12,14,20H,3-5,13,15-16H2,1-2H3,(H,26,29)/t20-/m0/s1. The van der Waals surface area contributed by atoms with E-state index in [1.807, 2.05) is 37.3 Å². The lowest BCUT2D eigenvalue weighted by Crippen LogP contribution is -2.50. The average Bonchev–Trinajstić information content (AvgIpc) is 2.73. The topological polar surface area (TPSA) is 58.6 Å². The van der Waals surface area contributed by atoms with Crippen molar-refractivity contribution in [1.82, 2.24) is 10.2 Å². The van der Waals surface area contributed by atoms with Crippen molar-refractivity contribution in [3.8, 4) is 5.75 Å². The largest absolute Gasteiger partial charge is 0.483 e. The molecule has 0 aliphatic rings. The van der Waals surface area contributed by atoms with E-state index < -0.39 is 6.04 Å². The molecule has 0 bridgehead atoms. The van der Waals surface area contributed by atoms with Gasteiger partial charge in [0.25, 0.3) is 5.91 Å². The van der Waals surface area contributed by atoms with E-state index in [1.54, 1.807) is 23.1 Å². The number of hydrogen-bond donors (Lipinski definition) is 1. The highest BCUT2D eigenvalue weighted by Crippen LogP contribution is 2.28. The van der Waals surface area contributed by atoms with E-state index in [1.165, 1.54) is 0 Å². The molecule has 0 unspecified atom stereocenters. The predicted octanol–water partition coefficient (Wildman–Crippen LogP) is 5.21. The van der Waals surface area contributed by atoms with E-state index in [4.69, 9.17) is 16.3 Å². The van der Waals surface area contributed by atoms with Crippen molar-refractivity contribution in [1.29, 1.82) is 0 Å². The fourth-order valence-electron chi connectivity index (χ4n) is 3.02. The summed E-state index contributed by atoms with van der Waals surface area (Å²) in [6.07, 6.45) is 2.41. The van der Waals surface area contributed by atoms with Gasteiger partial charge in [0.1, 0.15) is 11.8 Å². The zero-order valence-electron chi connectivity index (χ0n) is 17.4. The maximum atomic E-state index is 13.1. The molecule has 0 fully saturated rings. The summed E-state index contributed by atoms with van der Waals surface area (Å²) in [6.45, 7) is 4.75. The van der Waals surface area contributed by atoms with Gasteiger partial charge >= 0.3 is 0 Å². The third-order valence-corrected chi connectivity index (χ3v) is 5.51. The molecular formula is C23H28BrClN2O3. The van der Waals surface area contributed by atoms with Crippen LogP contribution < -0.4 is 10.1 Å². The Kier molecular flexibility index (Phi) is 10.2. The number of carbonyl (C=O) groups excluding carboxylic acids is 2. The van der Waals surface area contributed by atoms with Gasteiger partial charge in [0.05, 0.1) is 4.47 Å². The maximum absolute atomic E-state index is 13.1. The lowest BCUT2D eigenvalue weighted by Gasteiger charge is -2.30. The summed E-state index contributed by atoms with van der Waals surface area (Å²) in [5.74, 6) is 0.133. The first kappa shape index (κ1) is 24.2. The van der Waals surface area contributed by atoms with Crippen molar-refractivity contribution < 1.29 is 14.3 Å². The van der Waals surface area contributed by atoms with Gasteiger partial charge in [0, 0.05) is 18.1 Å². The first-order valence-corrected chi connectivity index (χ1v) is 11.3. The van der Waals surface area contributed by atoms with Gasteiger partial charge in [-0.25, -0.2) is 0 Å². The molecular weight excluding hydrogens is 468 g/mol. The normalized spacial score (nSPS) is 11.6. The van der Waals surface area contributed by atoms with Gasteiger partial charge in [-0.1, -0.05) is 62.2 Å². The van der Waals surface area contributed by atoms with Crippen molar-refractivity contribution in [2.75, 3.05) is 13.2 Å². The molecule has 2 aromatic rings. The molecule has 30 heavy (non-hydrogen) atoms. The van der Waals surface area contributed by atoms with E-state index >= 15 is 0 Å². The summed E-state index contributed by atoms with van der Waals surface area (Å²) < 4.78 is 6.39. The van der Waals surface area contributed by atoms with E-state index in [9.17, 15) is 9.59 Å². The van der Waals surface area contributed by atoms with Crippen molar-refractivity contribution in [2.45, 2.75) is 45.7 Å². The Labute approximate surface area is 191 Å². The number of rotatable bonds is 11. The van der Waals surface area contributed by atoms with Gasteiger partial charge in [0.15, 0.2) is 6.61 Å². The minimum Gasteiger partial charge on any atom is -0.483 e. The van der Waals surface area contributed by atoms with Gasteiger partial charge in [-0.3, -0.25) is 9.59 Å². The highest BCUT2D eigenvalue weighted by Gasteiger charge is 2.28. The number of ether oxygens (including phenoxy) is 1. The monoisotopic (exact) mass is 494 g/mol. The zero-order chi connectivity index (χ0) is 21.9. The molecule has 2 amide bonds. The Hall–Kier alpha value is -2.05. The Morgan fingerprint density at radius 2 is 1.90 bits per heavy atom. The summed E-state index contributed by atoms with van der Waals surface area (Å²) in [6, 6.07) is 14.2. The molecule has 7 heteroatoms. The number of hydrogen-bond acceptors (Lipinski definition) is 3. The summed E-state index contributed by atoms with van der Waals surface area (Å²) in [5, 5.41) is 3.52. The minimum atomic E-state index is -0.563. The van der Waals surface area contributed by atoms with E-state index in [2.05, 4.69) is 28.2 Å². The van der Waals surface area contributed by atoms with Crippen LogP contribution in [0.25, 0.3) is 0 Å². The van der Waals surface area contributed by atoms with Crippen LogP contribution in [0.3, 0.4) is 0 Å². The molecule has 0 aromatic heterocycles. The smallest absolute Gasteiger partial charge is 0.261 e. The van der Waals surface area contributed by atoms with Crippen molar-refractivity contribution in [3.05, 3.63) is 63.6 Å². The maximum Gasteiger partial charge on any atom is 0.261 e. The Balaban J connectivity index is 2.16. The van der Waals surface area contributed by atoms with Gasteiger partial charge in [-0.2, -0.15) is 0 Å². The zero-order valence-corrected chi connectivity index (χ0v) is 19.7. The first-order valence-electron chi connectivity index (χ1n) is 10.1. The number of nitrogens with zero attached hydrogens (tertiary/aromatic N) is 1. The van der Waals surface area contributed by atoms with Crippen LogP contribution in [0.15, 0.2) is 53.0 Å². The second-order valence-corrected chi connectivity index (χ2v) is 8.23. The van der Waals surface area contributed by atoms with Crippen LogP contribution in [0.4, 0.5) is 0 Å². The number of unbranched alkanes of at least 4 members (excludes halogenated alkanes) is 1. The molecule has 1 N–H and O–H groups in total.